The van der Waals surface area contributed by atoms with Crippen LogP contribution in [0.5, 0.6) is 0 Å². The summed E-state index contributed by atoms with van der Waals surface area (Å²) in [6.07, 6.45) is 14.0. The first-order chi connectivity index (χ1) is 20.7. The zero-order chi connectivity index (χ0) is 33.4. The Bertz CT molecular complexity index is 1170. The third-order valence-corrected chi connectivity index (χ3v) is 15.8. The highest BCUT2D eigenvalue weighted by atomic mass is 16.5. The van der Waals surface area contributed by atoms with E-state index in [1.54, 1.807) is 0 Å². The maximum absolute atomic E-state index is 13.2. The molecule has 0 aromatic rings. The number of carbonyl (C=O) groups excluding carboxylic acids is 1. The lowest BCUT2D eigenvalue weighted by molar-refractivity contribution is -0.250. The predicted octanol–water partition coefficient (Wildman–Crippen LogP) is 9.40. The monoisotopic (exact) mass is 626 g/mol. The Hall–Kier alpha value is -1.36. The standard InChI is InChI=1S/C40H67NO4/c1-26(2)27-14-19-40(22-23-41(10)11)21-20-38(8)28(34(27)40)12-13-30-37(7)17-16-31(36(5,6)29(37)15-18-39(30,38)9)45-33(44)25-35(3,4)24-32(42)43/h27-31,34H,1,12-25H2,2-11H3,(H,42,43)/t27-,28+,29-,30+,31-,34+,37-,38+,39+,40+/m0/s1. The van der Waals surface area contributed by atoms with Crippen molar-refractivity contribution in [3.63, 3.8) is 0 Å². The normalized spacial score (nSPS) is 43.9. The van der Waals surface area contributed by atoms with Gasteiger partial charge in [-0.1, -0.05) is 60.6 Å². The minimum Gasteiger partial charge on any atom is -0.481 e. The van der Waals surface area contributed by atoms with Gasteiger partial charge in [0.25, 0.3) is 0 Å². The summed E-state index contributed by atoms with van der Waals surface area (Å²) in [5, 5.41) is 9.31. The van der Waals surface area contributed by atoms with Gasteiger partial charge < -0.3 is 14.7 Å². The first-order valence-electron chi connectivity index (χ1n) is 18.4. The van der Waals surface area contributed by atoms with E-state index in [-0.39, 0.29) is 35.7 Å². The molecule has 5 aliphatic rings. The van der Waals surface area contributed by atoms with Crippen LogP contribution >= 0.6 is 0 Å². The lowest BCUT2D eigenvalue weighted by Gasteiger charge is -2.73. The smallest absolute Gasteiger partial charge is 0.306 e. The fourth-order valence-electron chi connectivity index (χ4n) is 13.4. The number of carbonyl (C=O) groups is 2. The summed E-state index contributed by atoms with van der Waals surface area (Å²) in [5.41, 5.74) is 2.09. The van der Waals surface area contributed by atoms with Crippen LogP contribution in [0.3, 0.4) is 0 Å². The van der Waals surface area contributed by atoms with Crippen molar-refractivity contribution in [3.8, 4) is 0 Å². The molecule has 0 radical (unpaired) electrons. The lowest BCUT2D eigenvalue weighted by Crippen LogP contribution is -2.66. The Morgan fingerprint density at radius 2 is 1.56 bits per heavy atom. The molecule has 5 nitrogen and oxygen atoms in total. The Balaban J connectivity index is 1.39. The molecule has 0 aliphatic heterocycles. The molecule has 5 fully saturated rings. The highest BCUT2D eigenvalue weighted by Crippen LogP contribution is 2.78. The van der Waals surface area contributed by atoms with Gasteiger partial charge in [0.1, 0.15) is 6.10 Å². The van der Waals surface area contributed by atoms with Gasteiger partial charge >= 0.3 is 11.9 Å². The minimum absolute atomic E-state index is 0.0262. The number of esters is 1. The second-order valence-corrected chi connectivity index (χ2v) is 19.4. The maximum atomic E-state index is 13.2. The van der Waals surface area contributed by atoms with Crippen molar-refractivity contribution in [1.29, 1.82) is 0 Å². The van der Waals surface area contributed by atoms with Crippen LogP contribution in [-0.4, -0.2) is 48.7 Å². The number of carboxylic acid groups (broad SMARTS) is 1. The summed E-state index contributed by atoms with van der Waals surface area (Å²) in [6.45, 7) is 24.6. The third-order valence-electron chi connectivity index (χ3n) is 15.8. The summed E-state index contributed by atoms with van der Waals surface area (Å²) in [6, 6.07) is 0. The number of hydrogen-bond donors (Lipinski definition) is 1. The Labute approximate surface area is 275 Å². The highest BCUT2D eigenvalue weighted by Gasteiger charge is 2.71. The van der Waals surface area contributed by atoms with Crippen molar-refractivity contribution in [2.24, 2.45) is 62.1 Å². The fourth-order valence-corrected chi connectivity index (χ4v) is 13.4. The van der Waals surface area contributed by atoms with E-state index in [2.05, 4.69) is 67.1 Å². The van der Waals surface area contributed by atoms with Crippen molar-refractivity contribution in [3.05, 3.63) is 12.2 Å². The zero-order valence-electron chi connectivity index (χ0n) is 30.7. The van der Waals surface area contributed by atoms with E-state index in [9.17, 15) is 14.7 Å². The van der Waals surface area contributed by atoms with Gasteiger partial charge in [-0.3, -0.25) is 9.59 Å². The van der Waals surface area contributed by atoms with Crippen LogP contribution in [0.1, 0.15) is 139 Å². The summed E-state index contributed by atoms with van der Waals surface area (Å²) < 4.78 is 6.27. The Morgan fingerprint density at radius 3 is 2.18 bits per heavy atom. The largest absolute Gasteiger partial charge is 0.481 e. The predicted molar refractivity (Wildman–Crippen MR) is 183 cm³/mol. The van der Waals surface area contributed by atoms with Gasteiger partial charge in [0.05, 0.1) is 12.8 Å². The summed E-state index contributed by atoms with van der Waals surface area (Å²) in [5.74, 6) is 2.32. The average Bonchev–Trinajstić information content (AvgIpc) is 3.29. The van der Waals surface area contributed by atoms with Crippen molar-refractivity contribution in [1.82, 2.24) is 4.90 Å². The third kappa shape index (κ3) is 5.65. The Kier molecular flexibility index (Phi) is 9.06. The minimum atomic E-state index is -0.865. The SMILES string of the molecule is C=C(C)[C@@H]1CC[C@]2(CCN(C)C)CC[C@]3(C)[C@H](CC[C@@H]4[C@@]5(C)CC[C@H](OC(=O)CC(C)(C)CC(=O)O)C(C)(C)[C@@H]5CC[C@]43C)[C@@H]12. The van der Waals surface area contributed by atoms with E-state index in [0.29, 0.717) is 34.0 Å². The number of hydrogen-bond acceptors (Lipinski definition) is 4. The summed E-state index contributed by atoms with van der Waals surface area (Å²) in [7, 11) is 4.49. The Morgan fingerprint density at radius 1 is 0.867 bits per heavy atom. The molecule has 0 spiro atoms. The topological polar surface area (TPSA) is 66.8 Å². The lowest BCUT2D eigenvalue weighted by atomic mass is 9.32. The van der Waals surface area contributed by atoms with Crippen LogP contribution in [0, 0.1) is 62.1 Å². The molecule has 5 heteroatoms. The summed E-state index contributed by atoms with van der Waals surface area (Å²) >= 11 is 0. The molecule has 45 heavy (non-hydrogen) atoms. The number of rotatable bonds is 9. The van der Waals surface area contributed by atoms with Crippen LogP contribution in [0.15, 0.2) is 12.2 Å². The van der Waals surface area contributed by atoms with Crippen LogP contribution < -0.4 is 0 Å². The number of ether oxygens (including phenoxy) is 1. The van der Waals surface area contributed by atoms with Gasteiger partial charge in [0.2, 0.25) is 0 Å². The number of nitrogens with zero attached hydrogens (tertiary/aromatic N) is 1. The van der Waals surface area contributed by atoms with Crippen molar-refractivity contribution >= 4 is 11.9 Å². The second kappa shape index (κ2) is 11.7. The number of fused-ring (bicyclic) bond motifs is 7. The maximum Gasteiger partial charge on any atom is 0.306 e. The van der Waals surface area contributed by atoms with E-state index in [4.69, 9.17) is 4.74 Å². The molecule has 0 saturated heterocycles. The molecule has 0 bridgehead atoms. The van der Waals surface area contributed by atoms with E-state index < -0.39 is 11.4 Å². The van der Waals surface area contributed by atoms with Gasteiger partial charge in [-0.2, -0.15) is 0 Å². The summed E-state index contributed by atoms with van der Waals surface area (Å²) in [4.78, 5) is 26.9. The molecule has 5 aliphatic carbocycles. The molecule has 0 unspecified atom stereocenters. The molecule has 256 valence electrons. The van der Waals surface area contributed by atoms with Crippen LogP contribution in [0.4, 0.5) is 0 Å². The van der Waals surface area contributed by atoms with Gasteiger partial charge in [-0.25, -0.2) is 0 Å². The van der Waals surface area contributed by atoms with Crippen molar-refractivity contribution in [2.45, 2.75) is 145 Å². The van der Waals surface area contributed by atoms with Gasteiger partial charge in [-0.05, 0) is 155 Å². The van der Waals surface area contributed by atoms with E-state index in [0.717, 1.165) is 24.7 Å². The van der Waals surface area contributed by atoms with E-state index >= 15 is 0 Å². The molecule has 1 N–H and O–H groups in total. The first kappa shape index (κ1) is 35.0. The average molecular weight is 626 g/mol. The van der Waals surface area contributed by atoms with Crippen molar-refractivity contribution < 1.29 is 19.4 Å². The molecule has 0 aromatic heterocycles. The van der Waals surface area contributed by atoms with Gasteiger partial charge in [0, 0.05) is 5.41 Å². The van der Waals surface area contributed by atoms with E-state index in [1.807, 2.05) is 13.8 Å². The molecule has 0 heterocycles. The molecule has 10 atom stereocenters. The molecular weight excluding hydrogens is 558 g/mol. The molecule has 5 rings (SSSR count). The van der Waals surface area contributed by atoms with Crippen molar-refractivity contribution in [2.75, 3.05) is 20.6 Å². The van der Waals surface area contributed by atoms with Crippen LogP contribution in [0.2, 0.25) is 0 Å². The van der Waals surface area contributed by atoms with Gasteiger partial charge in [0.15, 0.2) is 0 Å². The number of aliphatic carboxylic acids is 1. The quantitative estimate of drug-likeness (QED) is 0.204. The van der Waals surface area contributed by atoms with Crippen LogP contribution in [0.25, 0.3) is 0 Å². The molecular formula is C40H67NO4. The highest BCUT2D eigenvalue weighted by molar-refractivity contribution is 5.73. The zero-order valence-corrected chi connectivity index (χ0v) is 30.7. The number of allylic oxidation sites excluding steroid dienone is 1. The van der Waals surface area contributed by atoms with Crippen LogP contribution in [-0.2, 0) is 14.3 Å². The van der Waals surface area contributed by atoms with E-state index in [1.165, 1.54) is 69.9 Å². The molecule has 0 amide bonds. The second-order valence-electron chi connectivity index (χ2n) is 19.4. The van der Waals surface area contributed by atoms with Gasteiger partial charge in [-0.15, -0.1) is 0 Å². The first-order valence-corrected chi connectivity index (χ1v) is 18.4. The molecule has 5 saturated carbocycles. The molecule has 0 aromatic carbocycles. The number of carboxylic acids is 1. The fraction of sp³-hybridized carbons (Fsp3) is 0.900.